The van der Waals surface area contributed by atoms with E-state index in [4.69, 9.17) is 0 Å². The minimum Gasteiger partial charge on any atom is -0.359 e. The molecular weight excluding hydrogens is 338 g/mol. The zero-order valence-electron chi connectivity index (χ0n) is 16.2. The average molecular weight is 365 g/mol. The lowest BCUT2D eigenvalue weighted by Crippen LogP contribution is -2.37. The molecule has 1 aliphatic heterocycles. The van der Waals surface area contributed by atoms with Crippen LogP contribution in [-0.4, -0.2) is 42.4 Å². The first-order valence-electron chi connectivity index (χ1n) is 9.57. The number of carbonyl (C=O) groups excluding carboxylic acids is 2. The van der Waals surface area contributed by atoms with Gasteiger partial charge in [0.25, 0.3) is 5.91 Å². The van der Waals surface area contributed by atoms with Crippen molar-refractivity contribution in [3.8, 4) is 0 Å². The van der Waals surface area contributed by atoms with E-state index in [1.54, 1.807) is 29.2 Å². The first-order valence-corrected chi connectivity index (χ1v) is 9.57. The van der Waals surface area contributed by atoms with Crippen LogP contribution in [-0.2, 0) is 11.2 Å². The van der Waals surface area contributed by atoms with E-state index >= 15 is 0 Å². The largest absolute Gasteiger partial charge is 0.359 e. The van der Waals surface area contributed by atoms with Crippen LogP contribution in [0.3, 0.4) is 0 Å². The topological polar surface area (TPSA) is 52.7 Å². The Balaban J connectivity index is 1.62. The first kappa shape index (κ1) is 19.0. The molecule has 1 aliphatic rings. The Labute approximate surface area is 161 Å². The molecule has 0 unspecified atom stereocenters. The van der Waals surface area contributed by atoms with Crippen molar-refractivity contribution in [1.29, 1.82) is 0 Å². The van der Waals surface area contributed by atoms with Crippen LogP contribution in [0.15, 0.2) is 48.5 Å². The van der Waals surface area contributed by atoms with Gasteiger partial charge in [-0.15, -0.1) is 0 Å². The van der Waals surface area contributed by atoms with E-state index in [0.717, 1.165) is 12.1 Å². The summed E-state index contributed by atoms with van der Waals surface area (Å²) >= 11 is 0. The van der Waals surface area contributed by atoms with Crippen LogP contribution < -0.4 is 10.2 Å². The summed E-state index contributed by atoms with van der Waals surface area (Å²) in [6.07, 6.45) is 0.964. The second-order valence-corrected chi connectivity index (χ2v) is 6.91. The average Bonchev–Trinajstić information content (AvgIpc) is 2.98. The summed E-state index contributed by atoms with van der Waals surface area (Å²) in [4.78, 5) is 28.8. The van der Waals surface area contributed by atoms with Crippen molar-refractivity contribution < 1.29 is 9.59 Å². The van der Waals surface area contributed by atoms with E-state index in [1.165, 1.54) is 5.56 Å². The summed E-state index contributed by atoms with van der Waals surface area (Å²) in [5, 5.41) is 2.94. The molecule has 2 aromatic rings. The molecule has 0 aliphatic carbocycles. The van der Waals surface area contributed by atoms with Gasteiger partial charge in [0, 0.05) is 36.1 Å². The third kappa shape index (κ3) is 4.13. The van der Waals surface area contributed by atoms with Crippen molar-refractivity contribution >= 4 is 23.2 Å². The fraction of sp³-hybridized carbons (Fsp3) is 0.364. The van der Waals surface area contributed by atoms with Crippen LogP contribution in [0, 0.1) is 0 Å². The van der Waals surface area contributed by atoms with Crippen molar-refractivity contribution in [2.75, 3.05) is 29.9 Å². The van der Waals surface area contributed by atoms with Crippen LogP contribution in [0.5, 0.6) is 0 Å². The van der Waals surface area contributed by atoms with Crippen LogP contribution in [0.1, 0.15) is 36.7 Å². The molecule has 27 heavy (non-hydrogen) atoms. The van der Waals surface area contributed by atoms with E-state index in [9.17, 15) is 9.59 Å². The van der Waals surface area contributed by atoms with Gasteiger partial charge >= 0.3 is 0 Å². The second kappa shape index (κ2) is 8.25. The van der Waals surface area contributed by atoms with E-state index in [0.29, 0.717) is 36.9 Å². The SMILES string of the molecule is CCN(CC)C(=O)c1ccc(NC(=O)CN2c3ccccc3C[C@H]2C)cc1. The second-order valence-electron chi connectivity index (χ2n) is 6.91. The quantitative estimate of drug-likeness (QED) is 0.852. The minimum atomic E-state index is -0.0543. The van der Waals surface area contributed by atoms with E-state index < -0.39 is 0 Å². The fourth-order valence-electron chi connectivity index (χ4n) is 3.62. The molecule has 5 nitrogen and oxygen atoms in total. The van der Waals surface area contributed by atoms with Gasteiger partial charge in [-0.3, -0.25) is 9.59 Å². The van der Waals surface area contributed by atoms with Gasteiger partial charge in [-0.1, -0.05) is 18.2 Å². The molecule has 1 heterocycles. The molecule has 0 spiro atoms. The third-order valence-electron chi connectivity index (χ3n) is 5.13. The summed E-state index contributed by atoms with van der Waals surface area (Å²) < 4.78 is 0. The Kier molecular flexibility index (Phi) is 5.79. The number of hydrogen-bond acceptors (Lipinski definition) is 3. The molecule has 0 saturated carbocycles. The summed E-state index contributed by atoms with van der Waals surface area (Å²) in [7, 11) is 0. The minimum absolute atomic E-state index is 0.0142. The Morgan fingerprint density at radius 3 is 2.41 bits per heavy atom. The molecule has 2 amide bonds. The highest BCUT2D eigenvalue weighted by atomic mass is 16.2. The van der Waals surface area contributed by atoms with Crippen molar-refractivity contribution in [1.82, 2.24) is 4.90 Å². The Bertz CT molecular complexity index is 813. The van der Waals surface area contributed by atoms with Gasteiger partial charge in [0.05, 0.1) is 6.54 Å². The number of nitrogens with one attached hydrogen (secondary N) is 1. The van der Waals surface area contributed by atoms with Gasteiger partial charge < -0.3 is 15.1 Å². The summed E-state index contributed by atoms with van der Waals surface area (Å²) in [6, 6.07) is 15.7. The normalized spacial score (nSPS) is 15.4. The molecule has 1 N–H and O–H groups in total. The molecule has 5 heteroatoms. The maximum absolute atomic E-state index is 12.5. The molecule has 0 bridgehead atoms. The predicted octanol–water partition coefficient (Wildman–Crippen LogP) is 3.56. The maximum atomic E-state index is 12.5. The number of anilines is 2. The molecule has 0 fully saturated rings. The molecule has 0 radical (unpaired) electrons. The number of nitrogens with zero attached hydrogens (tertiary/aromatic N) is 2. The van der Waals surface area contributed by atoms with Crippen molar-refractivity contribution in [2.24, 2.45) is 0 Å². The lowest BCUT2D eigenvalue weighted by Gasteiger charge is -2.24. The zero-order valence-corrected chi connectivity index (χ0v) is 16.2. The van der Waals surface area contributed by atoms with E-state index in [-0.39, 0.29) is 11.8 Å². The fourth-order valence-corrected chi connectivity index (χ4v) is 3.62. The lowest BCUT2D eigenvalue weighted by molar-refractivity contribution is -0.115. The van der Waals surface area contributed by atoms with Gasteiger partial charge in [-0.2, -0.15) is 0 Å². The number of amides is 2. The van der Waals surface area contributed by atoms with Crippen molar-refractivity contribution in [3.63, 3.8) is 0 Å². The van der Waals surface area contributed by atoms with Crippen LogP contribution >= 0.6 is 0 Å². The van der Waals surface area contributed by atoms with Crippen molar-refractivity contribution in [2.45, 2.75) is 33.2 Å². The summed E-state index contributed by atoms with van der Waals surface area (Å²) in [5.41, 5.74) is 3.77. The third-order valence-corrected chi connectivity index (χ3v) is 5.13. The number of hydrogen-bond donors (Lipinski definition) is 1. The standard InChI is InChI=1S/C22H27N3O2/c1-4-24(5-2)22(27)17-10-12-19(13-11-17)23-21(26)15-25-16(3)14-18-8-6-7-9-20(18)25/h6-13,16H,4-5,14-15H2,1-3H3,(H,23,26)/t16-/m1/s1. The Morgan fingerprint density at radius 1 is 1.07 bits per heavy atom. The Hall–Kier alpha value is -2.82. The summed E-state index contributed by atoms with van der Waals surface area (Å²) in [5.74, 6) is -0.0400. The van der Waals surface area contributed by atoms with Gasteiger partial charge in [-0.05, 0) is 63.1 Å². The molecule has 0 saturated heterocycles. The molecule has 2 aromatic carbocycles. The first-order chi connectivity index (χ1) is 13.0. The maximum Gasteiger partial charge on any atom is 0.253 e. The number of para-hydroxylation sites is 1. The van der Waals surface area contributed by atoms with Gasteiger partial charge in [0.15, 0.2) is 0 Å². The molecular formula is C22H27N3O2. The van der Waals surface area contributed by atoms with Crippen molar-refractivity contribution in [3.05, 3.63) is 59.7 Å². The Morgan fingerprint density at radius 2 is 1.74 bits per heavy atom. The van der Waals surface area contributed by atoms with Gasteiger partial charge in [-0.25, -0.2) is 0 Å². The highest BCUT2D eigenvalue weighted by Gasteiger charge is 2.27. The number of rotatable bonds is 6. The smallest absolute Gasteiger partial charge is 0.253 e. The van der Waals surface area contributed by atoms with E-state index in [2.05, 4.69) is 29.3 Å². The highest BCUT2D eigenvalue weighted by molar-refractivity contribution is 5.97. The predicted molar refractivity (Wildman–Crippen MR) is 109 cm³/mol. The van der Waals surface area contributed by atoms with Crippen LogP contribution in [0.25, 0.3) is 0 Å². The van der Waals surface area contributed by atoms with Gasteiger partial charge in [0.1, 0.15) is 0 Å². The monoisotopic (exact) mass is 365 g/mol. The zero-order chi connectivity index (χ0) is 19.4. The molecule has 1 atom stereocenters. The molecule has 3 rings (SSSR count). The highest BCUT2D eigenvalue weighted by Crippen LogP contribution is 2.31. The molecule has 142 valence electrons. The van der Waals surface area contributed by atoms with Crippen LogP contribution in [0.4, 0.5) is 11.4 Å². The number of benzene rings is 2. The van der Waals surface area contributed by atoms with Gasteiger partial charge in [0.2, 0.25) is 5.91 Å². The summed E-state index contributed by atoms with van der Waals surface area (Å²) in [6.45, 7) is 7.76. The number of carbonyl (C=O) groups is 2. The number of fused-ring (bicyclic) bond motifs is 1. The molecule has 0 aromatic heterocycles. The lowest BCUT2D eigenvalue weighted by atomic mass is 10.1. The van der Waals surface area contributed by atoms with Crippen LogP contribution in [0.2, 0.25) is 0 Å². The van der Waals surface area contributed by atoms with E-state index in [1.807, 2.05) is 26.0 Å².